The van der Waals surface area contributed by atoms with Crippen LogP contribution in [0.4, 0.5) is 4.79 Å². The summed E-state index contributed by atoms with van der Waals surface area (Å²) in [5.41, 5.74) is 0. The molecule has 1 aliphatic carbocycles. The molecule has 0 aromatic carbocycles. The van der Waals surface area contributed by atoms with Crippen molar-refractivity contribution < 1.29 is 9.59 Å². The Morgan fingerprint density at radius 2 is 1.62 bits per heavy atom. The third-order valence-corrected chi connectivity index (χ3v) is 6.16. The number of piperidine rings is 2. The van der Waals surface area contributed by atoms with Crippen LogP contribution in [0.25, 0.3) is 0 Å². The predicted octanol–water partition coefficient (Wildman–Crippen LogP) is 2.23. The molecule has 3 fully saturated rings. The van der Waals surface area contributed by atoms with E-state index in [-0.39, 0.29) is 30.3 Å². The number of likely N-dealkylation sites (tertiary alicyclic amines) is 2. The summed E-state index contributed by atoms with van der Waals surface area (Å²) in [5, 5.41) is 6.40. The Balaban J connectivity index is 0.00000243. The third kappa shape index (κ3) is 5.49. The zero-order valence-electron chi connectivity index (χ0n) is 16.0. The molecule has 0 aromatic heterocycles. The van der Waals surface area contributed by atoms with E-state index in [2.05, 4.69) is 10.6 Å². The van der Waals surface area contributed by atoms with E-state index in [1.165, 1.54) is 12.8 Å². The van der Waals surface area contributed by atoms with Gasteiger partial charge in [-0.15, -0.1) is 12.4 Å². The van der Waals surface area contributed by atoms with Crippen molar-refractivity contribution in [2.24, 2.45) is 11.8 Å². The van der Waals surface area contributed by atoms with Gasteiger partial charge in [0, 0.05) is 32.2 Å². The largest absolute Gasteiger partial charge is 0.342 e. The Bertz CT molecular complexity index is 462. The van der Waals surface area contributed by atoms with Crippen molar-refractivity contribution in [2.75, 3.05) is 39.8 Å². The Labute approximate surface area is 163 Å². The molecule has 3 amide bonds. The van der Waals surface area contributed by atoms with Crippen molar-refractivity contribution in [3.8, 4) is 0 Å². The lowest BCUT2D eigenvalue weighted by Crippen LogP contribution is -2.52. The van der Waals surface area contributed by atoms with Crippen LogP contribution in [-0.2, 0) is 4.79 Å². The van der Waals surface area contributed by atoms with E-state index in [1.807, 2.05) is 16.8 Å². The number of nitrogens with zero attached hydrogens (tertiary/aromatic N) is 2. The van der Waals surface area contributed by atoms with Gasteiger partial charge in [-0.2, -0.15) is 0 Å². The van der Waals surface area contributed by atoms with Crippen molar-refractivity contribution in [1.29, 1.82) is 0 Å². The van der Waals surface area contributed by atoms with Crippen molar-refractivity contribution in [2.45, 2.75) is 57.4 Å². The molecule has 2 N–H and O–H groups in total. The van der Waals surface area contributed by atoms with E-state index in [0.717, 1.165) is 64.7 Å². The van der Waals surface area contributed by atoms with Crippen LogP contribution < -0.4 is 10.6 Å². The monoisotopic (exact) mass is 386 g/mol. The summed E-state index contributed by atoms with van der Waals surface area (Å²) in [4.78, 5) is 29.3. The van der Waals surface area contributed by atoms with E-state index >= 15 is 0 Å². The second kappa shape index (κ2) is 10.4. The lowest BCUT2D eigenvalue weighted by molar-refractivity contribution is -0.138. The van der Waals surface area contributed by atoms with Gasteiger partial charge in [0.25, 0.3) is 0 Å². The molecule has 2 aliphatic heterocycles. The molecule has 0 bridgehead atoms. The smallest absolute Gasteiger partial charge is 0.317 e. The number of amides is 3. The Hall–Kier alpha value is -1.01. The molecule has 2 saturated heterocycles. The maximum Gasteiger partial charge on any atom is 0.317 e. The molecule has 0 spiro atoms. The summed E-state index contributed by atoms with van der Waals surface area (Å²) in [6.07, 6.45) is 8.67. The molecule has 0 aromatic rings. The fraction of sp³-hybridized carbons (Fsp3) is 0.895. The van der Waals surface area contributed by atoms with Gasteiger partial charge in [-0.25, -0.2) is 4.79 Å². The van der Waals surface area contributed by atoms with Crippen LogP contribution >= 0.6 is 12.4 Å². The number of urea groups is 1. The number of hydrogen-bond donors (Lipinski definition) is 2. The van der Waals surface area contributed by atoms with Crippen LogP contribution in [0.1, 0.15) is 51.4 Å². The summed E-state index contributed by atoms with van der Waals surface area (Å²) in [6.45, 7) is 4.16. The van der Waals surface area contributed by atoms with Gasteiger partial charge in [-0.1, -0.05) is 12.8 Å². The number of hydrogen-bond acceptors (Lipinski definition) is 3. The highest BCUT2D eigenvalue weighted by Crippen LogP contribution is 2.24. The molecule has 150 valence electrons. The van der Waals surface area contributed by atoms with Crippen molar-refractivity contribution in [3.05, 3.63) is 0 Å². The minimum absolute atomic E-state index is 0. The summed E-state index contributed by atoms with van der Waals surface area (Å²) in [6, 6.07) is 0.381. The number of halogens is 1. The lowest BCUT2D eigenvalue weighted by atomic mass is 9.93. The molecular formula is C19H35ClN4O2. The van der Waals surface area contributed by atoms with Crippen LogP contribution in [0.5, 0.6) is 0 Å². The number of carbonyl (C=O) groups excluding carboxylic acids is 2. The van der Waals surface area contributed by atoms with Crippen LogP contribution in [-0.4, -0.2) is 67.6 Å². The van der Waals surface area contributed by atoms with Gasteiger partial charge in [-0.05, 0) is 58.0 Å². The highest BCUT2D eigenvalue weighted by Gasteiger charge is 2.33. The Morgan fingerprint density at radius 3 is 2.27 bits per heavy atom. The van der Waals surface area contributed by atoms with Crippen LogP contribution in [0.15, 0.2) is 0 Å². The predicted molar refractivity (Wildman–Crippen MR) is 106 cm³/mol. The first-order chi connectivity index (χ1) is 12.2. The Morgan fingerprint density at radius 1 is 0.923 bits per heavy atom. The molecule has 3 aliphatic rings. The van der Waals surface area contributed by atoms with Gasteiger partial charge < -0.3 is 20.4 Å². The lowest BCUT2D eigenvalue weighted by Gasteiger charge is -2.38. The minimum atomic E-state index is -0.0103. The van der Waals surface area contributed by atoms with Crippen LogP contribution in [0.3, 0.4) is 0 Å². The molecule has 0 radical (unpaired) electrons. The highest BCUT2D eigenvalue weighted by molar-refractivity contribution is 5.85. The maximum atomic E-state index is 12.9. The van der Waals surface area contributed by atoms with Crippen LogP contribution in [0.2, 0.25) is 0 Å². The van der Waals surface area contributed by atoms with Gasteiger partial charge in [0.2, 0.25) is 5.91 Å². The van der Waals surface area contributed by atoms with Gasteiger partial charge in [0.1, 0.15) is 0 Å². The van der Waals surface area contributed by atoms with Gasteiger partial charge in [0.05, 0.1) is 5.92 Å². The Kier molecular flexibility index (Phi) is 8.48. The van der Waals surface area contributed by atoms with Crippen molar-refractivity contribution in [3.63, 3.8) is 0 Å². The average molecular weight is 387 g/mol. The van der Waals surface area contributed by atoms with Crippen LogP contribution in [0, 0.1) is 11.8 Å². The first-order valence-electron chi connectivity index (χ1n) is 10.2. The quantitative estimate of drug-likeness (QED) is 0.778. The molecule has 6 nitrogen and oxygen atoms in total. The first-order valence-corrected chi connectivity index (χ1v) is 10.2. The van der Waals surface area contributed by atoms with Crippen molar-refractivity contribution in [1.82, 2.24) is 20.4 Å². The highest BCUT2D eigenvalue weighted by atomic mass is 35.5. The number of nitrogens with one attached hydrogen (secondary N) is 2. The summed E-state index contributed by atoms with van der Waals surface area (Å²) < 4.78 is 0. The van der Waals surface area contributed by atoms with E-state index in [0.29, 0.717) is 18.5 Å². The molecule has 1 unspecified atom stereocenters. The maximum absolute atomic E-state index is 12.9. The van der Waals surface area contributed by atoms with Gasteiger partial charge in [0.15, 0.2) is 0 Å². The van der Waals surface area contributed by atoms with Crippen molar-refractivity contribution >= 4 is 24.3 Å². The standard InChI is InChI=1S/C19H34N4O2.ClH/c1-20-13-15-8-11-22(12-9-15)18(24)16-5-4-10-23(14-16)19(25)21-17-6-2-3-7-17;/h15-17,20H,2-14H2,1H3,(H,21,25);1H. The second-order valence-electron chi connectivity index (χ2n) is 8.04. The molecule has 1 atom stereocenters. The van der Waals surface area contributed by atoms with Gasteiger partial charge >= 0.3 is 6.03 Å². The summed E-state index contributed by atoms with van der Waals surface area (Å²) in [5.74, 6) is 0.944. The van der Waals surface area contributed by atoms with E-state index in [1.54, 1.807) is 0 Å². The molecular weight excluding hydrogens is 352 g/mol. The normalized spacial score (nSPS) is 25.0. The minimum Gasteiger partial charge on any atom is -0.342 e. The topological polar surface area (TPSA) is 64.7 Å². The SMILES string of the molecule is CNCC1CCN(C(=O)C2CCCN(C(=O)NC3CCCC3)C2)CC1.Cl. The number of carbonyl (C=O) groups is 2. The fourth-order valence-electron chi connectivity index (χ4n) is 4.60. The molecule has 7 heteroatoms. The summed E-state index contributed by atoms with van der Waals surface area (Å²) in [7, 11) is 1.99. The molecule has 1 saturated carbocycles. The van der Waals surface area contributed by atoms with E-state index in [4.69, 9.17) is 0 Å². The third-order valence-electron chi connectivity index (χ3n) is 6.16. The van der Waals surface area contributed by atoms with E-state index in [9.17, 15) is 9.59 Å². The second-order valence-corrected chi connectivity index (χ2v) is 8.04. The molecule has 26 heavy (non-hydrogen) atoms. The van der Waals surface area contributed by atoms with Gasteiger partial charge in [-0.3, -0.25) is 4.79 Å². The average Bonchev–Trinajstić information content (AvgIpc) is 3.15. The number of rotatable bonds is 4. The molecule has 3 rings (SSSR count). The summed E-state index contributed by atoms with van der Waals surface area (Å²) >= 11 is 0. The first kappa shape index (κ1) is 21.3. The molecule has 2 heterocycles. The zero-order chi connectivity index (χ0) is 17.6. The fourth-order valence-corrected chi connectivity index (χ4v) is 4.60. The zero-order valence-corrected chi connectivity index (χ0v) is 16.9. The van der Waals surface area contributed by atoms with E-state index < -0.39 is 0 Å².